The molecule has 0 atom stereocenters. The lowest BCUT2D eigenvalue weighted by molar-refractivity contribution is -0.142. The highest BCUT2D eigenvalue weighted by Gasteiger charge is 2.38. The lowest BCUT2D eigenvalue weighted by Gasteiger charge is -2.05. The van der Waals surface area contributed by atoms with Crippen molar-refractivity contribution in [3.05, 3.63) is 22.5 Å². The number of aromatic nitrogens is 2. The predicted molar refractivity (Wildman–Crippen MR) is 63.0 cm³/mol. The van der Waals surface area contributed by atoms with Gasteiger partial charge in [0.05, 0.1) is 24.2 Å². The predicted octanol–water partition coefficient (Wildman–Crippen LogP) is 2.92. The summed E-state index contributed by atoms with van der Waals surface area (Å²) in [7, 11) is 0. The van der Waals surface area contributed by atoms with E-state index in [9.17, 15) is 18.0 Å². The van der Waals surface area contributed by atoms with Crippen LogP contribution in [0.4, 0.5) is 13.2 Å². The number of thiazole rings is 1. The summed E-state index contributed by atoms with van der Waals surface area (Å²) >= 11 is 0.453. The first-order valence-corrected chi connectivity index (χ1v) is 6.40. The van der Waals surface area contributed by atoms with E-state index in [4.69, 9.17) is 9.15 Å². The molecule has 2 heterocycles. The Morgan fingerprint density at radius 1 is 1.45 bits per heavy atom. The Balaban J connectivity index is 2.33. The van der Waals surface area contributed by atoms with Gasteiger partial charge >= 0.3 is 12.1 Å². The summed E-state index contributed by atoms with van der Waals surface area (Å²) in [6.07, 6.45) is -3.83. The molecule has 2 aromatic rings. The van der Waals surface area contributed by atoms with Crippen LogP contribution in [0.3, 0.4) is 0 Å². The number of ether oxygens (including phenoxy) is 1. The minimum absolute atomic E-state index is 0.0693. The summed E-state index contributed by atoms with van der Waals surface area (Å²) < 4.78 is 48.1. The van der Waals surface area contributed by atoms with Gasteiger partial charge in [-0.3, -0.25) is 4.79 Å². The summed E-state index contributed by atoms with van der Waals surface area (Å²) in [6, 6.07) is 0. The number of halogens is 3. The van der Waals surface area contributed by atoms with Crippen molar-refractivity contribution in [2.24, 2.45) is 0 Å². The van der Waals surface area contributed by atoms with Crippen LogP contribution in [-0.4, -0.2) is 22.5 Å². The second-order valence-corrected chi connectivity index (χ2v) is 4.49. The van der Waals surface area contributed by atoms with Crippen LogP contribution < -0.4 is 0 Å². The van der Waals surface area contributed by atoms with Crippen molar-refractivity contribution in [1.82, 2.24) is 9.97 Å². The fraction of sp³-hybridized carbons (Fsp3) is 0.364. The lowest BCUT2D eigenvalue weighted by atomic mass is 10.2. The first kappa shape index (κ1) is 14.5. The molecule has 0 saturated heterocycles. The molecule has 0 radical (unpaired) electrons. The standard InChI is InChI=1S/C11H9F3N2O3S/c1-2-18-7(17)3-6-9(19-4-15-6)8-10(11(12,13)14)20-5-16-8/h4-5H,2-3H2,1H3. The van der Waals surface area contributed by atoms with Crippen LogP contribution in [0.2, 0.25) is 0 Å². The normalized spacial score (nSPS) is 11.6. The van der Waals surface area contributed by atoms with Crippen LogP contribution in [0.25, 0.3) is 11.5 Å². The molecule has 0 N–H and O–H groups in total. The second-order valence-electron chi connectivity index (χ2n) is 3.64. The molecule has 0 fully saturated rings. The van der Waals surface area contributed by atoms with E-state index in [1.807, 2.05) is 0 Å². The van der Waals surface area contributed by atoms with E-state index < -0.39 is 17.0 Å². The van der Waals surface area contributed by atoms with Gasteiger partial charge in [-0.05, 0) is 6.92 Å². The minimum atomic E-state index is -4.54. The van der Waals surface area contributed by atoms with Gasteiger partial charge in [0.25, 0.3) is 0 Å². The van der Waals surface area contributed by atoms with Gasteiger partial charge in [0.15, 0.2) is 12.2 Å². The van der Waals surface area contributed by atoms with Crippen molar-refractivity contribution in [2.45, 2.75) is 19.5 Å². The average Bonchev–Trinajstić information content (AvgIpc) is 2.95. The zero-order chi connectivity index (χ0) is 14.8. The average molecular weight is 306 g/mol. The zero-order valence-electron chi connectivity index (χ0n) is 10.2. The second kappa shape index (κ2) is 5.61. The highest BCUT2D eigenvalue weighted by molar-refractivity contribution is 7.10. The summed E-state index contributed by atoms with van der Waals surface area (Å²) in [5.41, 5.74) is 0.772. The third-order valence-corrected chi connectivity index (χ3v) is 3.17. The molecule has 5 nitrogen and oxygen atoms in total. The molecule has 108 valence electrons. The van der Waals surface area contributed by atoms with Crippen molar-refractivity contribution in [1.29, 1.82) is 0 Å². The molecule has 0 aliphatic heterocycles. The fourth-order valence-electron chi connectivity index (χ4n) is 1.55. The number of nitrogens with zero attached hydrogens (tertiary/aromatic N) is 2. The number of carbonyl (C=O) groups is 1. The van der Waals surface area contributed by atoms with Crippen LogP contribution in [0.15, 0.2) is 16.3 Å². The van der Waals surface area contributed by atoms with Crippen LogP contribution in [0.5, 0.6) is 0 Å². The lowest BCUT2D eigenvalue weighted by Crippen LogP contribution is -2.09. The summed E-state index contributed by atoms with van der Waals surface area (Å²) in [5, 5.41) is 0. The van der Waals surface area contributed by atoms with Crippen LogP contribution >= 0.6 is 11.3 Å². The molecule has 0 aliphatic rings. The van der Waals surface area contributed by atoms with E-state index in [0.717, 1.165) is 11.9 Å². The number of hydrogen-bond donors (Lipinski definition) is 0. The third kappa shape index (κ3) is 2.98. The first-order chi connectivity index (χ1) is 9.43. The maximum atomic E-state index is 12.8. The Kier molecular flexibility index (Phi) is 4.07. The summed E-state index contributed by atoms with van der Waals surface area (Å²) in [6.45, 7) is 1.81. The quantitative estimate of drug-likeness (QED) is 0.813. The Morgan fingerprint density at radius 2 is 2.20 bits per heavy atom. The van der Waals surface area contributed by atoms with Gasteiger partial charge in [-0.25, -0.2) is 9.97 Å². The number of oxazole rings is 1. The monoisotopic (exact) mass is 306 g/mol. The molecule has 0 spiro atoms. The van der Waals surface area contributed by atoms with E-state index in [-0.39, 0.29) is 30.2 Å². The van der Waals surface area contributed by atoms with Gasteiger partial charge in [0.1, 0.15) is 10.6 Å². The topological polar surface area (TPSA) is 65.2 Å². The maximum Gasteiger partial charge on any atom is 0.427 e. The molecule has 0 amide bonds. The van der Waals surface area contributed by atoms with Crippen LogP contribution in [-0.2, 0) is 22.1 Å². The van der Waals surface area contributed by atoms with E-state index in [1.54, 1.807) is 6.92 Å². The molecule has 0 aliphatic carbocycles. The van der Waals surface area contributed by atoms with Crippen molar-refractivity contribution in [2.75, 3.05) is 6.61 Å². The summed E-state index contributed by atoms with van der Waals surface area (Å²) in [4.78, 5) is 17.9. The number of carbonyl (C=O) groups excluding carboxylic acids is 1. The van der Waals surface area contributed by atoms with E-state index in [1.165, 1.54) is 0 Å². The van der Waals surface area contributed by atoms with Crippen molar-refractivity contribution in [3.8, 4) is 11.5 Å². The SMILES string of the molecule is CCOC(=O)Cc1ncoc1-c1ncsc1C(F)(F)F. The molecular formula is C11H9F3N2O3S. The molecule has 0 unspecified atom stereocenters. The molecule has 2 rings (SSSR count). The molecule has 0 bridgehead atoms. The molecule has 0 saturated carbocycles. The van der Waals surface area contributed by atoms with E-state index >= 15 is 0 Å². The fourth-order valence-corrected chi connectivity index (χ4v) is 2.20. The summed E-state index contributed by atoms with van der Waals surface area (Å²) in [5.74, 6) is -0.752. The van der Waals surface area contributed by atoms with Gasteiger partial charge in [0.2, 0.25) is 0 Å². The first-order valence-electron chi connectivity index (χ1n) is 5.52. The van der Waals surface area contributed by atoms with Gasteiger partial charge in [-0.2, -0.15) is 13.2 Å². The van der Waals surface area contributed by atoms with Crippen molar-refractivity contribution in [3.63, 3.8) is 0 Å². The van der Waals surface area contributed by atoms with E-state index in [2.05, 4.69) is 9.97 Å². The van der Waals surface area contributed by atoms with Gasteiger partial charge in [-0.1, -0.05) is 0 Å². The van der Waals surface area contributed by atoms with Crippen molar-refractivity contribution < 1.29 is 27.1 Å². The number of rotatable bonds is 4. The molecule has 2 aromatic heterocycles. The van der Waals surface area contributed by atoms with Crippen LogP contribution in [0.1, 0.15) is 17.5 Å². The third-order valence-electron chi connectivity index (χ3n) is 2.30. The zero-order valence-corrected chi connectivity index (χ0v) is 11.0. The Hall–Kier alpha value is -1.90. The molecule has 0 aromatic carbocycles. The van der Waals surface area contributed by atoms with Crippen LogP contribution in [0, 0.1) is 0 Å². The molecule has 9 heteroatoms. The maximum absolute atomic E-state index is 12.8. The number of esters is 1. The van der Waals surface area contributed by atoms with Gasteiger partial charge < -0.3 is 9.15 Å². The van der Waals surface area contributed by atoms with Gasteiger partial charge in [-0.15, -0.1) is 11.3 Å². The molecular weight excluding hydrogens is 297 g/mol. The minimum Gasteiger partial charge on any atom is -0.466 e. The Labute approximate surface area is 115 Å². The van der Waals surface area contributed by atoms with Crippen molar-refractivity contribution >= 4 is 17.3 Å². The Bertz CT molecular complexity index is 606. The van der Waals surface area contributed by atoms with Gasteiger partial charge in [0, 0.05) is 0 Å². The Morgan fingerprint density at radius 3 is 2.85 bits per heavy atom. The largest absolute Gasteiger partial charge is 0.466 e. The highest BCUT2D eigenvalue weighted by atomic mass is 32.1. The molecule has 20 heavy (non-hydrogen) atoms. The highest BCUT2D eigenvalue weighted by Crippen LogP contribution is 2.40. The number of hydrogen-bond acceptors (Lipinski definition) is 6. The van der Waals surface area contributed by atoms with E-state index in [0.29, 0.717) is 11.3 Å². The smallest absolute Gasteiger partial charge is 0.427 e. The number of alkyl halides is 3.